The Morgan fingerprint density at radius 1 is 0.365 bits per heavy atom. The third-order valence-corrected chi connectivity index (χ3v) is 9.98. The molecule has 0 bridgehead atoms. The predicted octanol–water partition coefficient (Wildman–Crippen LogP) is 12.0. The third kappa shape index (κ3) is 4.44. The molecule has 11 rings (SSSR count). The first-order chi connectivity index (χ1) is 25.7. The smallest absolute Gasteiger partial charge is 0.227 e. The molecule has 0 N–H and O–H groups in total. The molecule has 0 saturated carbocycles. The zero-order valence-corrected chi connectivity index (χ0v) is 27.6. The Hall–Kier alpha value is -7.18. The second-order valence-electron chi connectivity index (χ2n) is 13.0. The van der Waals surface area contributed by atoms with Crippen molar-refractivity contribution in [3.63, 3.8) is 0 Å². The standard InChI is InChI=1S/C46H26N4O2/c1-2-10-27(11-3-1)43-48-44(50-45(49-43)36-17-9-19-39-41(36)35-15-6-7-18-38(35)51-39)31-20-21-32-30(24-31)14-8-16-33(32)34-22-23-47-46-42(34)37-25-28-12-4-5-13-29(28)26-40(37)52-46/h1-26H. The van der Waals surface area contributed by atoms with Crippen molar-refractivity contribution in [3.05, 3.63) is 158 Å². The molecule has 6 nitrogen and oxygen atoms in total. The fourth-order valence-corrected chi connectivity index (χ4v) is 7.57. The molecule has 7 aromatic carbocycles. The van der Waals surface area contributed by atoms with Gasteiger partial charge in [0.05, 0.1) is 5.39 Å². The zero-order valence-electron chi connectivity index (χ0n) is 27.6. The highest BCUT2D eigenvalue weighted by molar-refractivity contribution is 6.17. The van der Waals surface area contributed by atoms with Crippen LogP contribution in [0.15, 0.2) is 167 Å². The maximum absolute atomic E-state index is 6.31. The number of hydrogen-bond acceptors (Lipinski definition) is 6. The molecule has 0 aliphatic carbocycles. The van der Waals surface area contributed by atoms with Crippen molar-refractivity contribution in [1.29, 1.82) is 0 Å². The first kappa shape index (κ1) is 28.6. The van der Waals surface area contributed by atoms with Gasteiger partial charge in [0.15, 0.2) is 17.5 Å². The van der Waals surface area contributed by atoms with Crippen LogP contribution >= 0.6 is 0 Å². The van der Waals surface area contributed by atoms with Crippen LogP contribution in [0.3, 0.4) is 0 Å². The van der Waals surface area contributed by atoms with E-state index in [1.165, 1.54) is 5.39 Å². The Bertz CT molecular complexity index is 3200. The molecule has 0 radical (unpaired) electrons. The molecule has 0 unspecified atom stereocenters. The van der Waals surface area contributed by atoms with E-state index in [1.54, 1.807) is 0 Å². The third-order valence-electron chi connectivity index (χ3n) is 9.98. The van der Waals surface area contributed by atoms with Crippen LogP contribution in [0.2, 0.25) is 0 Å². The summed E-state index contributed by atoms with van der Waals surface area (Å²) in [7, 11) is 0. The van der Waals surface area contributed by atoms with Gasteiger partial charge in [-0.1, -0.05) is 115 Å². The lowest BCUT2D eigenvalue weighted by Crippen LogP contribution is -2.00. The molecule has 242 valence electrons. The summed E-state index contributed by atoms with van der Waals surface area (Å²) in [5, 5.41) is 8.57. The number of nitrogens with zero attached hydrogens (tertiary/aromatic N) is 4. The summed E-state index contributed by atoms with van der Waals surface area (Å²) in [5.74, 6) is 1.80. The average Bonchev–Trinajstić information content (AvgIpc) is 3.77. The number of para-hydroxylation sites is 1. The summed E-state index contributed by atoms with van der Waals surface area (Å²) in [6.45, 7) is 0. The van der Waals surface area contributed by atoms with E-state index in [9.17, 15) is 0 Å². The molecule has 0 aliphatic heterocycles. The van der Waals surface area contributed by atoms with Crippen molar-refractivity contribution >= 4 is 65.6 Å². The van der Waals surface area contributed by atoms with Gasteiger partial charge in [0.1, 0.15) is 16.7 Å². The average molecular weight is 667 g/mol. The van der Waals surface area contributed by atoms with E-state index in [0.717, 1.165) is 82.3 Å². The van der Waals surface area contributed by atoms with E-state index >= 15 is 0 Å². The number of hydrogen-bond donors (Lipinski definition) is 0. The molecule has 4 aromatic heterocycles. The van der Waals surface area contributed by atoms with Crippen molar-refractivity contribution in [2.75, 3.05) is 0 Å². The topological polar surface area (TPSA) is 77.8 Å². The van der Waals surface area contributed by atoms with Crippen LogP contribution in [0.4, 0.5) is 0 Å². The highest BCUT2D eigenvalue weighted by Gasteiger charge is 2.19. The number of pyridine rings is 1. The van der Waals surface area contributed by atoms with Crippen molar-refractivity contribution in [2.45, 2.75) is 0 Å². The first-order valence-electron chi connectivity index (χ1n) is 17.2. The summed E-state index contributed by atoms with van der Waals surface area (Å²) in [6, 6.07) is 51.8. The summed E-state index contributed by atoms with van der Waals surface area (Å²) in [4.78, 5) is 19.8. The molecule has 4 heterocycles. The normalized spacial score (nSPS) is 11.8. The monoisotopic (exact) mass is 666 g/mol. The van der Waals surface area contributed by atoms with Gasteiger partial charge >= 0.3 is 0 Å². The van der Waals surface area contributed by atoms with Gasteiger partial charge in [0.25, 0.3) is 0 Å². The molecule has 0 atom stereocenters. The molecule has 0 fully saturated rings. The second kappa shape index (κ2) is 11.2. The van der Waals surface area contributed by atoms with E-state index in [4.69, 9.17) is 23.8 Å². The lowest BCUT2D eigenvalue weighted by Gasteiger charge is -2.11. The largest absolute Gasteiger partial charge is 0.456 e. The van der Waals surface area contributed by atoms with Crippen molar-refractivity contribution < 1.29 is 8.83 Å². The number of benzene rings is 7. The predicted molar refractivity (Wildman–Crippen MR) is 209 cm³/mol. The highest BCUT2D eigenvalue weighted by atomic mass is 16.3. The molecule has 0 spiro atoms. The van der Waals surface area contributed by atoms with Gasteiger partial charge < -0.3 is 8.83 Å². The molecule has 11 aromatic rings. The summed E-state index contributed by atoms with van der Waals surface area (Å²) in [5.41, 5.74) is 7.97. The SMILES string of the molecule is c1ccc(-c2nc(-c3ccc4c(-c5ccnc6oc7cc8ccccc8cc7c56)cccc4c3)nc(-c3cccc4oc5ccccc5c34)n2)cc1. The maximum atomic E-state index is 6.31. The van der Waals surface area contributed by atoms with E-state index in [2.05, 4.69) is 89.9 Å². The van der Waals surface area contributed by atoms with Gasteiger partial charge in [-0.05, 0) is 69.1 Å². The van der Waals surface area contributed by atoms with Crippen LogP contribution in [-0.4, -0.2) is 19.9 Å². The Morgan fingerprint density at radius 2 is 1.08 bits per heavy atom. The lowest BCUT2D eigenvalue weighted by atomic mass is 9.94. The summed E-state index contributed by atoms with van der Waals surface area (Å²) in [6.07, 6.45) is 1.83. The lowest BCUT2D eigenvalue weighted by molar-refractivity contribution is 0.654. The fourth-order valence-electron chi connectivity index (χ4n) is 7.57. The van der Waals surface area contributed by atoms with Crippen LogP contribution in [0.25, 0.3) is 111 Å². The minimum atomic E-state index is 0.591. The van der Waals surface area contributed by atoms with Gasteiger partial charge in [0, 0.05) is 39.0 Å². The van der Waals surface area contributed by atoms with Crippen LogP contribution in [0, 0.1) is 0 Å². The summed E-state index contributed by atoms with van der Waals surface area (Å²) >= 11 is 0. The minimum absolute atomic E-state index is 0.591. The highest BCUT2D eigenvalue weighted by Crippen LogP contribution is 2.41. The quantitative estimate of drug-likeness (QED) is 0.186. The number of furan rings is 2. The van der Waals surface area contributed by atoms with Crippen LogP contribution in [0.5, 0.6) is 0 Å². The Kier molecular flexibility index (Phi) is 6.15. The van der Waals surface area contributed by atoms with Gasteiger partial charge in [-0.3, -0.25) is 0 Å². The van der Waals surface area contributed by atoms with E-state index in [0.29, 0.717) is 23.2 Å². The van der Waals surface area contributed by atoms with E-state index < -0.39 is 0 Å². The zero-order chi connectivity index (χ0) is 34.2. The summed E-state index contributed by atoms with van der Waals surface area (Å²) < 4.78 is 12.5. The van der Waals surface area contributed by atoms with Gasteiger partial charge in [-0.25, -0.2) is 19.9 Å². The molecule has 0 saturated heterocycles. The van der Waals surface area contributed by atoms with Crippen LogP contribution in [-0.2, 0) is 0 Å². The molecular weight excluding hydrogens is 641 g/mol. The van der Waals surface area contributed by atoms with Crippen LogP contribution < -0.4 is 0 Å². The molecular formula is C46H26N4O2. The van der Waals surface area contributed by atoms with Crippen molar-refractivity contribution in [3.8, 4) is 45.3 Å². The minimum Gasteiger partial charge on any atom is -0.456 e. The molecule has 52 heavy (non-hydrogen) atoms. The first-order valence-corrected chi connectivity index (χ1v) is 17.2. The second-order valence-corrected chi connectivity index (χ2v) is 13.0. The van der Waals surface area contributed by atoms with Gasteiger partial charge in [-0.2, -0.15) is 0 Å². The fraction of sp³-hybridized carbons (Fsp3) is 0. The van der Waals surface area contributed by atoms with Gasteiger partial charge in [0.2, 0.25) is 5.71 Å². The van der Waals surface area contributed by atoms with Crippen molar-refractivity contribution in [2.24, 2.45) is 0 Å². The number of aromatic nitrogens is 4. The maximum Gasteiger partial charge on any atom is 0.227 e. The number of rotatable bonds is 4. The van der Waals surface area contributed by atoms with Crippen molar-refractivity contribution in [1.82, 2.24) is 19.9 Å². The molecule has 0 amide bonds. The van der Waals surface area contributed by atoms with Gasteiger partial charge in [-0.15, -0.1) is 0 Å². The molecule has 0 aliphatic rings. The molecule has 6 heteroatoms. The Labute approximate surface area is 296 Å². The Balaban J connectivity index is 1.10. The van der Waals surface area contributed by atoms with E-state index in [-0.39, 0.29) is 0 Å². The number of fused-ring (bicyclic) bond motifs is 8. The van der Waals surface area contributed by atoms with E-state index in [1.807, 2.05) is 72.9 Å². The Morgan fingerprint density at radius 3 is 1.98 bits per heavy atom. The van der Waals surface area contributed by atoms with Crippen LogP contribution in [0.1, 0.15) is 0 Å².